The first-order valence-corrected chi connectivity index (χ1v) is 4.46. The molecule has 2 aromatic rings. The van der Waals surface area contributed by atoms with Gasteiger partial charge in [0.15, 0.2) is 0 Å². The monoisotopic (exact) mass is 221 g/mol. The molecule has 2 aromatic heterocycles. The summed E-state index contributed by atoms with van der Waals surface area (Å²) in [5.74, 6) is -2.01. The first kappa shape index (κ1) is 10.3. The predicted molar refractivity (Wildman–Crippen MR) is 53.4 cm³/mol. The number of hydrogen-bond donors (Lipinski definition) is 1. The van der Waals surface area contributed by atoms with E-state index >= 15 is 0 Å². The molecule has 0 unspecified atom stereocenters. The molecule has 2 heterocycles. The highest BCUT2D eigenvalue weighted by atomic mass is 19.1. The number of aromatic nitrogens is 3. The number of halogens is 1. The van der Waals surface area contributed by atoms with Gasteiger partial charge in [0.2, 0.25) is 5.95 Å². The summed E-state index contributed by atoms with van der Waals surface area (Å²) >= 11 is 0. The number of hydrogen-bond acceptors (Lipinski definition) is 3. The molecule has 0 aliphatic rings. The second-order valence-corrected chi connectivity index (χ2v) is 3.27. The van der Waals surface area contributed by atoms with Gasteiger partial charge in [-0.3, -0.25) is 4.68 Å². The van der Waals surface area contributed by atoms with E-state index < -0.39 is 11.9 Å². The van der Waals surface area contributed by atoms with Crippen LogP contribution in [-0.2, 0) is 7.05 Å². The van der Waals surface area contributed by atoms with Gasteiger partial charge in [0.05, 0.1) is 17.5 Å². The topological polar surface area (TPSA) is 68.0 Å². The van der Waals surface area contributed by atoms with Gasteiger partial charge in [0, 0.05) is 24.9 Å². The van der Waals surface area contributed by atoms with Gasteiger partial charge in [-0.1, -0.05) is 0 Å². The summed E-state index contributed by atoms with van der Waals surface area (Å²) < 4.78 is 14.6. The van der Waals surface area contributed by atoms with Crippen LogP contribution in [0.1, 0.15) is 10.4 Å². The molecule has 0 aliphatic carbocycles. The minimum Gasteiger partial charge on any atom is -0.478 e. The molecule has 0 bridgehead atoms. The van der Waals surface area contributed by atoms with Crippen LogP contribution in [0.5, 0.6) is 0 Å². The van der Waals surface area contributed by atoms with Crippen LogP contribution >= 0.6 is 0 Å². The Morgan fingerprint density at radius 1 is 1.50 bits per heavy atom. The summed E-state index contributed by atoms with van der Waals surface area (Å²) in [6, 6.07) is 2.19. The van der Waals surface area contributed by atoms with Crippen molar-refractivity contribution in [1.29, 1.82) is 0 Å². The van der Waals surface area contributed by atoms with E-state index in [2.05, 4.69) is 10.1 Å². The molecule has 0 saturated carbocycles. The van der Waals surface area contributed by atoms with Gasteiger partial charge >= 0.3 is 5.97 Å². The fraction of sp³-hybridized carbons (Fsp3) is 0.100. The molecule has 0 aliphatic heterocycles. The van der Waals surface area contributed by atoms with Crippen molar-refractivity contribution >= 4 is 5.97 Å². The van der Waals surface area contributed by atoms with Gasteiger partial charge in [-0.2, -0.15) is 9.49 Å². The molecule has 16 heavy (non-hydrogen) atoms. The van der Waals surface area contributed by atoms with Crippen molar-refractivity contribution < 1.29 is 14.3 Å². The maximum Gasteiger partial charge on any atom is 0.335 e. The average Bonchev–Trinajstić information content (AvgIpc) is 2.64. The number of aromatic carboxylic acids is 1. The van der Waals surface area contributed by atoms with E-state index in [0.29, 0.717) is 5.56 Å². The quantitative estimate of drug-likeness (QED) is 0.776. The molecule has 0 atom stereocenters. The lowest BCUT2D eigenvalue weighted by Gasteiger charge is -1.99. The van der Waals surface area contributed by atoms with Crippen LogP contribution in [0.4, 0.5) is 4.39 Å². The molecule has 0 aromatic carbocycles. The normalized spacial score (nSPS) is 10.4. The lowest BCUT2D eigenvalue weighted by Crippen LogP contribution is -1.99. The predicted octanol–water partition coefficient (Wildman–Crippen LogP) is 1.32. The molecule has 6 heteroatoms. The smallest absolute Gasteiger partial charge is 0.335 e. The highest BCUT2D eigenvalue weighted by molar-refractivity contribution is 5.88. The van der Waals surface area contributed by atoms with E-state index in [4.69, 9.17) is 5.11 Å². The lowest BCUT2D eigenvalue weighted by atomic mass is 10.1. The van der Waals surface area contributed by atoms with Crippen molar-refractivity contribution in [3.05, 3.63) is 36.0 Å². The van der Waals surface area contributed by atoms with Crippen LogP contribution in [0.15, 0.2) is 24.5 Å². The molecule has 2 rings (SSSR count). The molecular weight excluding hydrogens is 213 g/mol. The van der Waals surface area contributed by atoms with E-state index in [1.54, 1.807) is 13.2 Å². The summed E-state index contributed by atoms with van der Waals surface area (Å²) in [5, 5.41) is 12.7. The van der Waals surface area contributed by atoms with E-state index in [1.165, 1.54) is 16.9 Å². The van der Waals surface area contributed by atoms with Gasteiger partial charge in [-0.25, -0.2) is 9.78 Å². The van der Waals surface area contributed by atoms with Gasteiger partial charge in [-0.15, -0.1) is 0 Å². The van der Waals surface area contributed by atoms with Crippen molar-refractivity contribution in [3.63, 3.8) is 0 Å². The number of carbonyl (C=O) groups is 1. The largest absolute Gasteiger partial charge is 0.478 e. The maximum absolute atomic E-state index is 13.1. The first-order chi connectivity index (χ1) is 7.56. The van der Waals surface area contributed by atoms with E-state index in [0.717, 1.165) is 6.07 Å². The zero-order valence-electron chi connectivity index (χ0n) is 8.38. The summed E-state index contributed by atoms with van der Waals surface area (Å²) in [6.45, 7) is 0. The van der Waals surface area contributed by atoms with Gasteiger partial charge in [0.25, 0.3) is 0 Å². The van der Waals surface area contributed by atoms with Crippen LogP contribution in [0, 0.1) is 5.95 Å². The fourth-order valence-corrected chi connectivity index (χ4v) is 1.32. The van der Waals surface area contributed by atoms with Crippen LogP contribution in [-0.4, -0.2) is 25.8 Å². The van der Waals surface area contributed by atoms with E-state index in [-0.39, 0.29) is 11.3 Å². The third-order valence-electron chi connectivity index (χ3n) is 2.04. The lowest BCUT2D eigenvalue weighted by molar-refractivity contribution is 0.0696. The zero-order chi connectivity index (χ0) is 11.7. The maximum atomic E-state index is 13.1. The molecule has 0 amide bonds. The SMILES string of the molecule is Cn1cc(-c2cc(C(=O)O)cc(F)n2)cn1. The minimum atomic E-state index is -1.19. The molecule has 5 nitrogen and oxygen atoms in total. The Labute approximate surface area is 90.2 Å². The van der Waals surface area contributed by atoms with Crippen LogP contribution in [0.3, 0.4) is 0 Å². The third kappa shape index (κ3) is 1.90. The summed E-state index contributed by atoms with van der Waals surface area (Å²) in [6.07, 6.45) is 3.13. The van der Waals surface area contributed by atoms with Crippen LogP contribution in [0.25, 0.3) is 11.3 Å². The summed E-state index contributed by atoms with van der Waals surface area (Å²) in [5.41, 5.74) is 0.696. The average molecular weight is 221 g/mol. The Hall–Kier alpha value is -2.24. The van der Waals surface area contributed by atoms with E-state index in [1.807, 2.05) is 0 Å². The van der Waals surface area contributed by atoms with Crippen molar-refractivity contribution in [3.8, 4) is 11.3 Å². The molecule has 0 fully saturated rings. The number of aryl methyl sites for hydroxylation is 1. The van der Waals surface area contributed by atoms with Crippen molar-refractivity contribution in [2.24, 2.45) is 7.05 Å². The van der Waals surface area contributed by atoms with Crippen LogP contribution in [0.2, 0.25) is 0 Å². The standard InChI is InChI=1S/C10H8FN3O2/c1-14-5-7(4-12-14)8-2-6(10(15)16)3-9(11)13-8/h2-5H,1H3,(H,15,16). The number of pyridine rings is 1. The highest BCUT2D eigenvalue weighted by Crippen LogP contribution is 2.18. The second-order valence-electron chi connectivity index (χ2n) is 3.27. The molecule has 0 radical (unpaired) electrons. The molecule has 82 valence electrons. The zero-order valence-corrected chi connectivity index (χ0v) is 8.38. The molecular formula is C10H8FN3O2. The minimum absolute atomic E-state index is 0.133. The van der Waals surface area contributed by atoms with Gasteiger partial charge in [-0.05, 0) is 6.07 Å². The number of carboxylic acid groups (broad SMARTS) is 1. The second kappa shape index (κ2) is 3.73. The van der Waals surface area contributed by atoms with E-state index in [9.17, 15) is 9.18 Å². The Morgan fingerprint density at radius 2 is 2.25 bits per heavy atom. The van der Waals surface area contributed by atoms with Crippen molar-refractivity contribution in [1.82, 2.24) is 14.8 Å². The number of rotatable bonds is 2. The van der Waals surface area contributed by atoms with Crippen LogP contribution < -0.4 is 0 Å². The third-order valence-corrected chi connectivity index (χ3v) is 2.04. The Morgan fingerprint density at radius 3 is 2.81 bits per heavy atom. The summed E-state index contributed by atoms with van der Waals surface area (Å²) in [7, 11) is 1.71. The first-order valence-electron chi connectivity index (χ1n) is 4.46. The molecule has 1 N–H and O–H groups in total. The highest BCUT2D eigenvalue weighted by Gasteiger charge is 2.10. The Bertz CT molecular complexity index is 551. The molecule has 0 saturated heterocycles. The summed E-state index contributed by atoms with van der Waals surface area (Å²) in [4.78, 5) is 14.3. The van der Waals surface area contributed by atoms with Crippen molar-refractivity contribution in [2.45, 2.75) is 0 Å². The molecule has 0 spiro atoms. The Balaban J connectivity index is 2.53. The Kier molecular flexibility index (Phi) is 2.40. The van der Waals surface area contributed by atoms with Gasteiger partial charge < -0.3 is 5.11 Å². The van der Waals surface area contributed by atoms with Gasteiger partial charge in [0.1, 0.15) is 0 Å². The van der Waals surface area contributed by atoms with Crippen molar-refractivity contribution in [2.75, 3.05) is 0 Å². The number of nitrogens with zero attached hydrogens (tertiary/aromatic N) is 3. The fourth-order valence-electron chi connectivity index (χ4n) is 1.32. The number of carboxylic acids is 1.